The molecule has 0 rings (SSSR count). The molecule has 0 atom stereocenters. The summed E-state index contributed by atoms with van der Waals surface area (Å²) in [7, 11) is 0. The zero-order valence-electron chi connectivity index (χ0n) is 10.4. The van der Waals surface area contributed by atoms with Crippen molar-refractivity contribution in [3.05, 3.63) is 0 Å². The predicted octanol–water partition coefficient (Wildman–Crippen LogP) is -2.39. The van der Waals surface area contributed by atoms with E-state index in [1.165, 1.54) is 19.3 Å². The smallest absolute Gasteiger partial charge is 0.550 e. The molecule has 16 heavy (non-hydrogen) atoms. The molecule has 0 fully saturated rings. The summed E-state index contributed by atoms with van der Waals surface area (Å²) in [5, 5.41) is 12.6. The molecule has 0 saturated heterocycles. The number of hydrogen-bond donors (Lipinski definition) is 1. The third kappa shape index (κ3) is 13.5. The zero-order chi connectivity index (χ0) is 11.5. The van der Waals surface area contributed by atoms with E-state index in [-0.39, 0.29) is 37.7 Å². The van der Waals surface area contributed by atoms with Gasteiger partial charge in [-0.3, -0.25) is 4.79 Å². The van der Waals surface area contributed by atoms with Crippen LogP contribution in [-0.4, -0.2) is 18.4 Å². The van der Waals surface area contributed by atoms with Crippen LogP contribution in [0, 0.1) is 0 Å². The molecule has 0 aliphatic carbocycles. The first kappa shape index (κ1) is 17.9. The van der Waals surface area contributed by atoms with E-state index in [2.05, 4.69) is 12.2 Å². The van der Waals surface area contributed by atoms with E-state index in [4.69, 9.17) is 0 Å². The Hall–Kier alpha value is -0.463. The van der Waals surface area contributed by atoms with Crippen molar-refractivity contribution in [1.29, 1.82) is 0 Å². The van der Waals surface area contributed by atoms with E-state index in [0.717, 1.165) is 12.8 Å². The second-order valence-electron chi connectivity index (χ2n) is 3.64. The van der Waals surface area contributed by atoms with Crippen molar-refractivity contribution < 1.29 is 33.6 Å². The molecule has 0 bridgehead atoms. The quantitative estimate of drug-likeness (QED) is 0.349. The van der Waals surface area contributed by atoms with E-state index in [9.17, 15) is 14.7 Å². The summed E-state index contributed by atoms with van der Waals surface area (Å²) in [6, 6.07) is 0. The second kappa shape index (κ2) is 12.6. The molecule has 1 N–H and O–H groups in total. The standard InChI is InChI=1S/C11H21NO3.Li/c1-2-3-4-5-6-7-10(13)12-9-8-11(14)15;/h2-9H2,1H3,(H,12,13)(H,14,15);/q;+1/p-1. The summed E-state index contributed by atoms with van der Waals surface area (Å²) < 4.78 is 0. The fourth-order valence-electron chi connectivity index (χ4n) is 1.28. The van der Waals surface area contributed by atoms with Crippen LogP contribution in [0.3, 0.4) is 0 Å². The van der Waals surface area contributed by atoms with Gasteiger partial charge in [-0.1, -0.05) is 32.6 Å². The van der Waals surface area contributed by atoms with E-state index >= 15 is 0 Å². The third-order valence-electron chi connectivity index (χ3n) is 2.16. The minimum Gasteiger partial charge on any atom is -0.550 e. The summed E-state index contributed by atoms with van der Waals surface area (Å²) in [6.07, 6.45) is 5.92. The van der Waals surface area contributed by atoms with Crippen molar-refractivity contribution in [1.82, 2.24) is 5.32 Å². The molecule has 0 aromatic rings. The van der Waals surface area contributed by atoms with Crippen LogP contribution >= 0.6 is 0 Å². The van der Waals surface area contributed by atoms with E-state index in [1.54, 1.807) is 0 Å². The minimum atomic E-state index is -1.13. The summed E-state index contributed by atoms with van der Waals surface area (Å²) in [4.78, 5) is 21.2. The Labute approximate surface area is 109 Å². The van der Waals surface area contributed by atoms with Gasteiger partial charge in [-0.15, -0.1) is 0 Å². The largest absolute Gasteiger partial charge is 1.00 e. The van der Waals surface area contributed by atoms with Gasteiger partial charge in [0.1, 0.15) is 0 Å². The first-order valence-corrected chi connectivity index (χ1v) is 5.63. The van der Waals surface area contributed by atoms with Crippen molar-refractivity contribution >= 4 is 11.9 Å². The molecule has 0 aromatic carbocycles. The Kier molecular flexibility index (Phi) is 14.1. The van der Waals surface area contributed by atoms with Gasteiger partial charge < -0.3 is 15.2 Å². The zero-order valence-corrected chi connectivity index (χ0v) is 10.4. The van der Waals surface area contributed by atoms with Crippen LogP contribution in [0.1, 0.15) is 51.9 Å². The first-order chi connectivity index (χ1) is 7.16. The first-order valence-electron chi connectivity index (χ1n) is 5.63. The number of hydrogen-bond acceptors (Lipinski definition) is 3. The van der Waals surface area contributed by atoms with E-state index < -0.39 is 5.97 Å². The predicted molar refractivity (Wildman–Crippen MR) is 56.0 cm³/mol. The average molecular weight is 221 g/mol. The summed E-state index contributed by atoms with van der Waals surface area (Å²) in [5.74, 6) is -1.19. The van der Waals surface area contributed by atoms with Gasteiger partial charge in [-0.05, 0) is 6.42 Å². The van der Waals surface area contributed by atoms with Crippen LogP contribution in [0.5, 0.6) is 0 Å². The number of aliphatic carboxylic acids is 1. The Balaban J connectivity index is 0. The van der Waals surface area contributed by atoms with Crippen molar-refractivity contribution in [2.45, 2.75) is 51.9 Å². The maximum Gasteiger partial charge on any atom is 1.00 e. The Morgan fingerprint density at radius 3 is 2.25 bits per heavy atom. The molecule has 88 valence electrons. The van der Waals surface area contributed by atoms with Crippen LogP contribution in [0.2, 0.25) is 0 Å². The molecule has 4 nitrogen and oxygen atoms in total. The Morgan fingerprint density at radius 2 is 1.69 bits per heavy atom. The normalized spacial score (nSPS) is 9.31. The molecule has 0 saturated carbocycles. The number of carbonyl (C=O) groups excluding carboxylic acids is 2. The molecule has 0 unspecified atom stereocenters. The molecule has 0 radical (unpaired) electrons. The van der Waals surface area contributed by atoms with E-state index in [1.807, 2.05) is 0 Å². The van der Waals surface area contributed by atoms with Gasteiger partial charge in [0.2, 0.25) is 5.91 Å². The molecule has 0 heterocycles. The van der Waals surface area contributed by atoms with Gasteiger partial charge in [0.25, 0.3) is 0 Å². The minimum absolute atomic E-state index is 0. The third-order valence-corrected chi connectivity index (χ3v) is 2.16. The van der Waals surface area contributed by atoms with Crippen LogP contribution in [0.15, 0.2) is 0 Å². The number of carboxylic acid groups (broad SMARTS) is 1. The molecular formula is C11H20LiNO3. The molecule has 0 aromatic heterocycles. The monoisotopic (exact) mass is 221 g/mol. The number of amides is 1. The molecule has 5 heteroatoms. The number of rotatable bonds is 9. The maximum atomic E-state index is 11.1. The number of carbonyl (C=O) groups is 2. The Morgan fingerprint density at radius 1 is 1.06 bits per heavy atom. The fraction of sp³-hybridized carbons (Fsp3) is 0.818. The van der Waals surface area contributed by atoms with Gasteiger partial charge in [-0.2, -0.15) is 0 Å². The number of carboxylic acids is 1. The maximum absolute atomic E-state index is 11.1. The molecule has 1 amide bonds. The molecule has 0 aliphatic heterocycles. The van der Waals surface area contributed by atoms with E-state index in [0.29, 0.717) is 6.42 Å². The van der Waals surface area contributed by atoms with Crippen molar-refractivity contribution in [3.8, 4) is 0 Å². The topological polar surface area (TPSA) is 69.2 Å². The van der Waals surface area contributed by atoms with Crippen LogP contribution in [0.25, 0.3) is 0 Å². The average Bonchev–Trinajstić information content (AvgIpc) is 2.17. The van der Waals surface area contributed by atoms with Crippen LogP contribution in [0.4, 0.5) is 0 Å². The van der Waals surface area contributed by atoms with Crippen LogP contribution < -0.4 is 29.3 Å². The molecular weight excluding hydrogens is 201 g/mol. The molecule has 0 aliphatic rings. The number of nitrogens with one attached hydrogen (secondary N) is 1. The molecule has 0 spiro atoms. The van der Waals surface area contributed by atoms with Crippen molar-refractivity contribution in [3.63, 3.8) is 0 Å². The van der Waals surface area contributed by atoms with Crippen LogP contribution in [-0.2, 0) is 9.59 Å². The van der Waals surface area contributed by atoms with Crippen molar-refractivity contribution in [2.75, 3.05) is 6.54 Å². The Bertz CT molecular complexity index is 198. The van der Waals surface area contributed by atoms with Crippen molar-refractivity contribution in [2.24, 2.45) is 0 Å². The van der Waals surface area contributed by atoms with Gasteiger partial charge in [-0.25, -0.2) is 0 Å². The summed E-state index contributed by atoms with van der Waals surface area (Å²) >= 11 is 0. The van der Waals surface area contributed by atoms with Gasteiger partial charge >= 0.3 is 18.9 Å². The SMILES string of the molecule is CCCCCCCC(=O)NCCC(=O)[O-].[Li+]. The summed E-state index contributed by atoms with van der Waals surface area (Å²) in [6.45, 7) is 2.32. The van der Waals surface area contributed by atoms with Gasteiger partial charge in [0.15, 0.2) is 0 Å². The van der Waals surface area contributed by atoms with Gasteiger partial charge in [0, 0.05) is 25.4 Å². The van der Waals surface area contributed by atoms with Gasteiger partial charge in [0.05, 0.1) is 0 Å². The second-order valence-corrected chi connectivity index (χ2v) is 3.64. The number of unbranched alkanes of at least 4 members (excludes halogenated alkanes) is 4. The summed E-state index contributed by atoms with van der Waals surface area (Å²) in [5.41, 5.74) is 0. The fourth-order valence-corrected chi connectivity index (χ4v) is 1.28.